The summed E-state index contributed by atoms with van der Waals surface area (Å²) in [6.07, 6.45) is 1.63. The Balaban J connectivity index is 2.43. The molecule has 0 unspecified atom stereocenters. The van der Waals surface area contributed by atoms with Crippen LogP contribution in [-0.4, -0.2) is 12.4 Å². The number of nitrogens with zero attached hydrogens (tertiary/aromatic N) is 1. The highest BCUT2D eigenvalue weighted by Gasteiger charge is 2.15. The summed E-state index contributed by atoms with van der Waals surface area (Å²) >= 11 is 0. The van der Waals surface area contributed by atoms with Crippen molar-refractivity contribution in [1.29, 1.82) is 5.26 Å². The van der Waals surface area contributed by atoms with Crippen LogP contribution in [0.2, 0.25) is 0 Å². The van der Waals surface area contributed by atoms with E-state index in [0.29, 0.717) is 17.9 Å². The fourth-order valence-electron chi connectivity index (χ4n) is 1.56. The number of hydrogen-bond acceptors (Lipinski definition) is 3. The highest BCUT2D eigenvalue weighted by atomic mass is 16.5. The summed E-state index contributed by atoms with van der Waals surface area (Å²) in [5.74, 6) is 0.739. The van der Waals surface area contributed by atoms with Crippen LogP contribution in [0.15, 0.2) is 24.3 Å². The molecule has 0 saturated heterocycles. The highest BCUT2D eigenvalue weighted by Crippen LogP contribution is 2.21. The first kappa shape index (κ1) is 14.2. The van der Waals surface area contributed by atoms with Gasteiger partial charge in [0.25, 0.3) is 0 Å². The van der Waals surface area contributed by atoms with E-state index < -0.39 is 0 Å². The standard InChI is InChI=1S/C15H19NO2/c1-12(17)13-6-4-7-14(10-13)18-9-5-8-15(2,3)11-16/h4,6-7,10H,5,8-9H2,1-3H3. The number of benzene rings is 1. The van der Waals surface area contributed by atoms with Crippen molar-refractivity contribution in [1.82, 2.24) is 0 Å². The number of hydrogen-bond donors (Lipinski definition) is 0. The molecule has 0 aliphatic carbocycles. The van der Waals surface area contributed by atoms with Crippen molar-refractivity contribution in [3.8, 4) is 11.8 Å². The van der Waals surface area contributed by atoms with Gasteiger partial charge in [0.1, 0.15) is 5.75 Å². The van der Waals surface area contributed by atoms with E-state index in [1.54, 1.807) is 12.1 Å². The lowest BCUT2D eigenvalue weighted by molar-refractivity contribution is 0.101. The number of rotatable bonds is 6. The second kappa shape index (κ2) is 6.20. The smallest absolute Gasteiger partial charge is 0.159 e. The van der Waals surface area contributed by atoms with Gasteiger partial charge in [-0.15, -0.1) is 0 Å². The minimum atomic E-state index is -0.301. The second-order valence-corrected chi connectivity index (χ2v) is 5.03. The monoisotopic (exact) mass is 245 g/mol. The lowest BCUT2D eigenvalue weighted by Gasteiger charge is -2.14. The first-order valence-electron chi connectivity index (χ1n) is 6.10. The van der Waals surface area contributed by atoms with E-state index in [2.05, 4.69) is 6.07 Å². The fraction of sp³-hybridized carbons (Fsp3) is 0.467. The number of ether oxygens (including phenoxy) is 1. The lowest BCUT2D eigenvalue weighted by atomic mass is 9.90. The van der Waals surface area contributed by atoms with Crippen LogP contribution in [0.25, 0.3) is 0 Å². The first-order valence-corrected chi connectivity index (χ1v) is 6.10. The van der Waals surface area contributed by atoms with E-state index >= 15 is 0 Å². The van der Waals surface area contributed by atoms with Crippen LogP contribution in [0.3, 0.4) is 0 Å². The van der Waals surface area contributed by atoms with Crippen molar-refractivity contribution in [3.05, 3.63) is 29.8 Å². The van der Waals surface area contributed by atoms with Crippen molar-refractivity contribution >= 4 is 5.78 Å². The largest absolute Gasteiger partial charge is 0.494 e. The summed E-state index contributed by atoms with van der Waals surface area (Å²) in [6, 6.07) is 9.43. The highest BCUT2D eigenvalue weighted by molar-refractivity contribution is 5.94. The van der Waals surface area contributed by atoms with Gasteiger partial charge in [-0.1, -0.05) is 12.1 Å². The minimum Gasteiger partial charge on any atom is -0.494 e. The molecule has 1 rings (SSSR count). The molecule has 3 heteroatoms. The first-order chi connectivity index (χ1) is 8.44. The zero-order valence-electron chi connectivity index (χ0n) is 11.2. The molecule has 0 radical (unpaired) electrons. The van der Waals surface area contributed by atoms with Gasteiger partial charge in [-0.2, -0.15) is 5.26 Å². The second-order valence-electron chi connectivity index (χ2n) is 5.03. The average Bonchev–Trinajstić information content (AvgIpc) is 2.35. The van der Waals surface area contributed by atoms with Crippen molar-refractivity contribution in [3.63, 3.8) is 0 Å². The maximum absolute atomic E-state index is 11.2. The van der Waals surface area contributed by atoms with Crippen LogP contribution in [0.4, 0.5) is 0 Å². The van der Waals surface area contributed by atoms with Crippen LogP contribution >= 0.6 is 0 Å². The predicted octanol–water partition coefficient (Wildman–Crippen LogP) is 3.60. The molecule has 1 aromatic rings. The number of carbonyl (C=O) groups is 1. The summed E-state index contributed by atoms with van der Waals surface area (Å²) in [5.41, 5.74) is 0.356. The van der Waals surface area contributed by atoms with Crippen LogP contribution in [0, 0.1) is 16.7 Å². The molecule has 0 aliphatic rings. The molecule has 0 bridgehead atoms. The van der Waals surface area contributed by atoms with Gasteiger partial charge in [0, 0.05) is 5.56 Å². The van der Waals surface area contributed by atoms with Crippen LogP contribution in [0.1, 0.15) is 44.0 Å². The Morgan fingerprint density at radius 3 is 2.78 bits per heavy atom. The normalized spacial score (nSPS) is 10.8. The summed E-state index contributed by atoms with van der Waals surface area (Å²) in [7, 11) is 0. The van der Waals surface area contributed by atoms with Gasteiger partial charge in [-0.25, -0.2) is 0 Å². The van der Waals surface area contributed by atoms with E-state index in [-0.39, 0.29) is 11.2 Å². The molecule has 0 atom stereocenters. The van der Waals surface area contributed by atoms with E-state index in [0.717, 1.165) is 12.8 Å². The lowest BCUT2D eigenvalue weighted by Crippen LogP contribution is -2.10. The molecular formula is C15H19NO2. The number of nitriles is 1. The Labute approximate surface area is 108 Å². The van der Waals surface area contributed by atoms with E-state index in [9.17, 15) is 4.79 Å². The van der Waals surface area contributed by atoms with Gasteiger partial charge in [0.05, 0.1) is 18.1 Å². The molecule has 0 aliphatic heterocycles. The maximum Gasteiger partial charge on any atom is 0.159 e. The minimum absolute atomic E-state index is 0.0334. The third-order valence-electron chi connectivity index (χ3n) is 2.76. The summed E-state index contributed by atoms with van der Waals surface area (Å²) < 4.78 is 5.58. The van der Waals surface area contributed by atoms with Crippen molar-refractivity contribution in [2.24, 2.45) is 5.41 Å². The summed E-state index contributed by atoms with van der Waals surface area (Å²) in [6.45, 7) is 5.94. The van der Waals surface area contributed by atoms with Crippen LogP contribution in [-0.2, 0) is 0 Å². The Morgan fingerprint density at radius 2 is 2.17 bits per heavy atom. The molecule has 0 aromatic heterocycles. The van der Waals surface area contributed by atoms with Crippen LogP contribution < -0.4 is 4.74 Å². The van der Waals surface area contributed by atoms with Gasteiger partial charge in [-0.3, -0.25) is 4.79 Å². The topological polar surface area (TPSA) is 50.1 Å². The molecule has 1 aromatic carbocycles. The maximum atomic E-state index is 11.2. The molecule has 0 heterocycles. The quantitative estimate of drug-likeness (QED) is 0.568. The molecule has 18 heavy (non-hydrogen) atoms. The van der Waals surface area contributed by atoms with Gasteiger partial charge >= 0.3 is 0 Å². The molecule has 0 spiro atoms. The molecular weight excluding hydrogens is 226 g/mol. The zero-order valence-corrected chi connectivity index (χ0v) is 11.2. The predicted molar refractivity (Wildman–Crippen MR) is 70.6 cm³/mol. The molecule has 96 valence electrons. The van der Waals surface area contributed by atoms with E-state index in [4.69, 9.17) is 10.00 Å². The fourth-order valence-corrected chi connectivity index (χ4v) is 1.56. The molecule has 0 amide bonds. The summed E-state index contributed by atoms with van der Waals surface area (Å²) in [5, 5.41) is 8.88. The molecule has 0 fully saturated rings. The number of carbonyl (C=O) groups excluding carboxylic acids is 1. The Morgan fingerprint density at radius 1 is 1.44 bits per heavy atom. The zero-order chi connectivity index (χ0) is 13.6. The van der Waals surface area contributed by atoms with Gasteiger partial charge in [0.2, 0.25) is 0 Å². The molecule has 0 N–H and O–H groups in total. The van der Waals surface area contributed by atoms with Gasteiger partial charge < -0.3 is 4.74 Å². The van der Waals surface area contributed by atoms with E-state index in [1.807, 2.05) is 26.0 Å². The summed E-state index contributed by atoms with van der Waals surface area (Å²) in [4.78, 5) is 11.2. The Hall–Kier alpha value is -1.82. The van der Waals surface area contributed by atoms with Crippen molar-refractivity contribution < 1.29 is 9.53 Å². The number of Topliss-reactive ketones (excluding diaryl/α,β-unsaturated/α-hetero) is 1. The molecule has 0 saturated carbocycles. The molecule has 3 nitrogen and oxygen atoms in total. The SMILES string of the molecule is CC(=O)c1cccc(OCCCC(C)(C)C#N)c1. The Kier molecular flexibility index (Phi) is 4.91. The third kappa shape index (κ3) is 4.58. The van der Waals surface area contributed by atoms with Gasteiger partial charge in [0.15, 0.2) is 5.78 Å². The van der Waals surface area contributed by atoms with Crippen LogP contribution in [0.5, 0.6) is 5.75 Å². The Bertz CT molecular complexity index is 458. The average molecular weight is 245 g/mol. The number of ketones is 1. The van der Waals surface area contributed by atoms with E-state index in [1.165, 1.54) is 6.92 Å². The van der Waals surface area contributed by atoms with Crippen molar-refractivity contribution in [2.75, 3.05) is 6.61 Å². The van der Waals surface area contributed by atoms with Crippen molar-refractivity contribution in [2.45, 2.75) is 33.6 Å². The third-order valence-corrected chi connectivity index (χ3v) is 2.76. The van der Waals surface area contributed by atoms with Gasteiger partial charge in [-0.05, 0) is 45.7 Å².